The van der Waals surface area contributed by atoms with E-state index in [1.54, 1.807) is 7.11 Å². The third-order valence-corrected chi connectivity index (χ3v) is 4.42. The molecule has 0 amide bonds. The fourth-order valence-corrected chi connectivity index (χ4v) is 2.92. The predicted molar refractivity (Wildman–Crippen MR) is 89.7 cm³/mol. The lowest BCUT2D eigenvalue weighted by Gasteiger charge is -2.39. The van der Waals surface area contributed by atoms with Crippen molar-refractivity contribution < 1.29 is 19.0 Å². The van der Waals surface area contributed by atoms with Crippen molar-refractivity contribution in [1.82, 2.24) is 0 Å². The molecule has 2 rings (SSSR count). The van der Waals surface area contributed by atoms with Crippen LogP contribution in [0, 0.1) is 0 Å². The van der Waals surface area contributed by atoms with Crippen LogP contribution in [0.1, 0.15) is 59.3 Å². The molecule has 0 aromatic carbocycles. The number of allylic oxidation sites excluding steroid dienone is 1. The Morgan fingerprint density at radius 1 is 1.48 bits per heavy atom. The summed E-state index contributed by atoms with van der Waals surface area (Å²) in [5.74, 6) is 0.799. The summed E-state index contributed by atoms with van der Waals surface area (Å²) in [7, 11) is 1.60. The van der Waals surface area contributed by atoms with Crippen LogP contribution in [0.25, 0.3) is 0 Å². The van der Waals surface area contributed by atoms with Crippen LogP contribution in [0.3, 0.4) is 0 Å². The zero-order valence-corrected chi connectivity index (χ0v) is 14.7. The normalized spacial score (nSPS) is 23.0. The van der Waals surface area contributed by atoms with E-state index in [-0.39, 0.29) is 17.7 Å². The Balaban J connectivity index is 2.09. The number of rotatable bonds is 6. The van der Waals surface area contributed by atoms with Gasteiger partial charge in [0, 0.05) is 12.0 Å². The number of carbonyl (C=O) groups is 1. The average Bonchev–Trinajstić information content (AvgIpc) is 2.51. The third kappa shape index (κ3) is 4.47. The minimum absolute atomic E-state index is 0.0134. The van der Waals surface area contributed by atoms with E-state index in [0.29, 0.717) is 29.9 Å². The number of esters is 1. The lowest BCUT2D eigenvalue weighted by atomic mass is 9.87. The first-order valence-electron chi connectivity index (χ1n) is 8.41. The van der Waals surface area contributed by atoms with Gasteiger partial charge in [0.15, 0.2) is 5.76 Å². The van der Waals surface area contributed by atoms with Gasteiger partial charge in [-0.2, -0.15) is 0 Å². The quantitative estimate of drug-likeness (QED) is 0.537. The SMILES string of the molecule is C=C(CCCC)C(=O)OC1=C(OC)CC2OC(C)(C)CCC2=C1. The topological polar surface area (TPSA) is 44.8 Å². The Kier molecular flexibility index (Phi) is 5.69. The van der Waals surface area contributed by atoms with Crippen LogP contribution < -0.4 is 0 Å². The maximum atomic E-state index is 12.2. The molecule has 0 N–H and O–H groups in total. The van der Waals surface area contributed by atoms with Gasteiger partial charge in [-0.1, -0.05) is 19.9 Å². The molecule has 1 unspecified atom stereocenters. The lowest BCUT2D eigenvalue weighted by molar-refractivity contribution is -0.135. The predicted octanol–water partition coefficient (Wildman–Crippen LogP) is 4.42. The Morgan fingerprint density at radius 2 is 2.22 bits per heavy atom. The fraction of sp³-hybridized carbons (Fsp3) is 0.632. The van der Waals surface area contributed by atoms with Crippen molar-refractivity contribution in [2.24, 2.45) is 0 Å². The summed E-state index contributed by atoms with van der Waals surface area (Å²) in [5.41, 5.74) is 1.56. The second kappa shape index (κ2) is 7.35. The van der Waals surface area contributed by atoms with E-state index in [1.807, 2.05) is 6.08 Å². The summed E-state index contributed by atoms with van der Waals surface area (Å²) < 4.78 is 17.1. The fourth-order valence-electron chi connectivity index (χ4n) is 2.92. The molecule has 0 aromatic heterocycles. The molecule has 1 aliphatic carbocycles. The zero-order chi connectivity index (χ0) is 17.0. The number of fused-ring (bicyclic) bond motifs is 1. The van der Waals surface area contributed by atoms with E-state index in [9.17, 15) is 4.79 Å². The van der Waals surface area contributed by atoms with Gasteiger partial charge in [0.05, 0.1) is 18.8 Å². The highest BCUT2D eigenvalue weighted by Gasteiger charge is 2.36. The van der Waals surface area contributed by atoms with Crippen LogP contribution in [-0.2, 0) is 19.0 Å². The first kappa shape index (κ1) is 17.8. The summed E-state index contributed by atoms with van der Waals surface area (Å²) in [6.45, 7) is 10.1. The van der Waals surface area contributed by atoms with Crippen molar-refractivity contribution in [3.05, 3.63) is 35.3 Å². The van der Waals surface area contributed by atoms with Gasteiger partial charge < -0.3 is 14.2 Å². The molecule has 23 heavy (non-hydrogen) atoms. The second-order valence-corrected chi connectivity index (χ2v) is 6.88. The van der Waals surface area contributed by atoms with Crippen molar-refractivity contribution in [3.63, 3.8) is 0 Å². The second-order valence-electron chi connectivity index (χ2n) is 6.88. The summed E-state index contributed by atoms with van der Waals surface area (Å²) in [6, 6.07) is 0. The summed E-state index contributed by atoms with van der Waals surface area (Å²) in [5, 5.41) is 0. The van der Waals surface area contributed by atoms with Crippen molar-refractivity contribution in [2.75, 3.05) is 7.11 Å². The molecule has 1 fully saturated rings. The Hall–Kier alpha value is -1.55. The molecule has 1 heterocycles. The zero-order valence-electron chi connectivity index (χ0n) is 14.7. The van der Waals surface area contributed by atoms with Crippen LogP contribution in [0.15, 0.2) is 35.3 Å². The van der Waals surface area contributed by atoms with Crippen LogP contribution in [-0.4, -0.2) is 24.8 Å². The minimum Gasteiger partial charge on any atom is -0.497 e. The molecule has 0 aromatic rings. The van der Waals surface area contributed by atoms with E-state index < -0.39 is 0 Å². The lowest BCUT2D eigenvalue weighted by Crippen LogP contribution is -2.38. The van der Waals surface area contributed by atoms with Gasteiger partial charge in [-0.05, 0) is 51.2 Å². The molecule has 128 valence electrons. The van der Waals surface area contributed by atoms with Crippen molar-refractivity contribution >= 4 is 5.97 Å². The monoisotopic (exact) mass is 320 g/mol. The van der Waals surface area contributed by atoms with E-state index in [1.165, 1.54) is 5.57 Å². The van der Waals surface area contributed by atoms with E-state index in [2.05, 4.69) is 27.4 Å². The van der Waals surface area contributed by atoms with Gasteiger partial charge in [-0.25, -0.2) is 4.79 Å². The molecule has 0 spiro atoms. The summed E-state index contributed by atoms with van der Waals surface area (Å²) in [4.78, 5) is 12.2. The molecular weight excluding hydrogens is 292 g/mol. The highest BCUT2D eigenvalue weighted by Crippen LogP contribution is 2.39. The summed E-state index contributed by atoms with van der Waals surface area (Å²) >= 11 is 0. The summed E-state index contributed by atoms with van der Waals surface area (Å²) in [6.07, 6.45) is 7.08. The Labute approximate surface area is 139 Å². The standard InChI is InChI=1S/C19H28O4/c1-6-7-8-13(2)18(20)22-17-11-14-9-10-19(3,4)23-15(14)12-16(17)21-5/h11,15H,2,6-10,12H2,1,3-5H3. The maximum absolute atomic E-state index is 12.2. The molecule has 2 aliphatic rings. The van der Waals surface area contributed by atoms with Gasteiger partial charge in [-0.15, -0.1) is 0 Å². The first-order chi connectivity index (χ1) is 10.9. The molecule has 0 bridgehead atoms. The maximum Gasteiger partial charge on any atom is 0.338 e. The molecule has 1 saturated heterocycles. The highest BCUT2D eigenvalue weighted by atomic mass is 16.6. The molecular formula is C19H28O4. The molecule has 0 radical (unpaired) electrons. The highest BCUT2D eigenvalue weighted by molar-refractivity contribution is 5.88. The van der Waals surface area contributed by atoms with E-state index in [4.69, 9.17) is 14.2 Å². The smallest absolute Gasteiger partial charge is 0.338 e. The largest absolute Gasteiger partial charge is 0.497 e. The number of unbranched alkanes of at least 4 members (excludes halogenated alkanes) is 1. The van der Waals surface area contributed by atoms with Crippen molar-refractivity contribution in [1.29, 1.82) is 0 Å². The number of ether oxygens (including phenoxy) is 3. The molecule has 1 atom stereocenters. The third-order valence-electron chi connectivity index (χ3n) is 4.42. The van der Waals surface area contributed by atoms with Gasteiger partial charge in [0.1, 0.15) is 5.76 Å². The van der Waals surface area contributed by atoms with Crippen molar-refractivity contribution in [2.45, 2.75) is 71.0 Å². The average molecular weight is 320 g/mol. The number of hydrogen-bond acceptors (Lipinski definition) is 4. The molecule has 4 heteroatoms. The Morgan fingerprint density at radius 3 is 2.87 bits per heavy atom. The van der Waals surface area contributed by atoms with Gasteiger partial charge in [0.25, 0.3) is 0 Å². The van der Waals surface area contributed by atoms with E-state index >= 15 is 0 Å². The number of carbonyl (C=O) groups excluding carboxylic acids is 1. The number of methoxy groups -OCH3 is 1. The van der Waals surface area contributed by atoms with Gasteiger partial charge >= 0.3 is 5.97 Å². The molecule has 4 nitrogen and oxygen atoms in total. The number of hydrogen-bond donors (Lipinski definition) is 0. The minimum atomic E-state index is -0.365. The molecule has 1 aliphatic heterocycles. The van der Waals surface area contributed by atoms with Crippen LogP contribution in [0.2, 0.25) is 0 Å². The van der Waals surface area contributed by atoms with Crippen LogP contribution in [0.5, 0.6) is 0 Å². The first-order valence-corrected chi connectivity index (χ1v) is 8.41. The van der Waals surface area contributed by atoms with Gasteiger partial charge in [0.2, 0.25) is 0 Å². The Bertz CT molecular complexity index is 540. The van der Waals surface area contributed by atoms with Gasteiger partial charge in [-0.3, -0.25) is 0 Å². The van der Waals surface area contributed by atoms with Crippen LogP contribution >= 0.6 is 0 Å². The van der Waals surface area contributed by atoms with Crippen LogP contribution in [0.4, 0.5) is 0 Å². The van der Waals surface area contributed by atoms with E-state index in [0.717, 1.165) is 25.7 Å². The van der Waals surface area contributed by atoms with Crippen molar-refractivity contribution in [3.8, 4) is 0 Å². The molecule has 0 saturated carbocycles.